The van der Waals surface area contributed by atoms with Crippen LogP contribution >= 0.6 is 0 Å². The van der Waals surface area contributed by atoms with E-state index >= 15 is 0 Å². The molecule has 2 N–H and O–H groups in total. The fourth-order valence-electron chi connectivity index (χ4n) is 1.54. The third-order valence-electron chi connectivity index (χ3n) is 2.36. The van der Waals surface area contributed by atoms with Crippen LogP contribution in [0.25, 0.3) is 0 Å². The molecule has 66 valence electrons. The third kappa shape index (κ3) is 0.876. The number of Topliss-reactive ketones (excluding diaryl/α,β-unsaturated/α-hetero) is 2. The van der Waals surface area contributed by atoms with Crippen LogP contribution in [-0.4, -0.2) is 17.1 Å². The van der Waals surface area contributed by atoms with Gasteiger partial charge in [0.15, 0.2) is 11.6 Å². The maximum atomic E-state index is 11.6. The van der Waals surface area contributed by atoms with Gasteiger partial charge in [-0.3, -0.25) is 9.59 Å². The highest BCUT2D eigenvalue weighted by Crippen LogP contribution is 2.27. The van der Waals surface area contributed by atoms with Crippen molar-refractivity contribution in [3.05, 3.63) is 35.4 Å². The van der Waals surface area contributed by atoms with Crippen molar-refractivity contribution in [2.24, 2.45) is 5.73 Å². The molecule has 0 unspecified atom stereocenters. The minimum atomic E-state index is -1.36. The van der Waals surface area contributed by atoms with E-state index in [-0.39, 0.29) is 11.6 Å². The number of fused-ring (bicyclic) bond motifs is 1. The minimum absolute atomic E-state index is 0.284. The molecule has 0 radical (unpaired) electrons. The predicted molar refractivity (Wildman–Crippen MR) is 47.7 cm³/mol. The topological polar surface area (TPSA) is 60.2 Å². The first-order chi connectivity index (χ1) is 6.05. The molecule has 0 atom stereocenters. The number of nitrogens with two attached hydrogens (primary N) is 1. The first kappa shape index (κ1) is 8.13. The van der Waals surface area contributed by atoms with Crippen molar-refractivity contribution in [2.45, 2.75) is 12.5 Å². The number of hydrogen-bond donors (Lipinski definition) is 1. The van der Waals surface area contributed by atoms with Gasteiger partial charge in [-0.05, 0) is 6.92 Å². The average molecular weight is 175 g/mol. The molecule has 0 fully saturated rings. The number of carbonyl (C=O) groups excluding carboxylic acids is 2. The number of hydrogen-bond acceptors (Lipinski definition) is 3. The second-order valence-corrected chi connectivity index (χ2v) is 3.41. The van der Waals surface area contributed by atoms with Crippen LogP contribution in [0, 0.1) is 0 Å². The molecule has 0 aliphatic heterocycles. The van der Waals surface area contributed by atoms with Gasteiger partial charge in [0.25, 0.3) is 0 Å². The van der Waals surface area contributed by atoms with E-state index in [1.165, 1.54) is 6.92 Å². The summed E-state index contributed by atoms with van der Waals surface area (Å²) in [6.07, 6.45) is 0. The van der Waals surface area contributed by atoms with Crippen molar-refractivity contribution in [2.75, 3.05) is 0 Å². The monoisotopic (exact) mass is 175 g/mol. The molecule has 0 heterocycles. The van der Waals surface area contributed by atoms with E-state index in [0.29, 0.717) is 11.1 Å². The lowest BCUT2D eigenvalue weighted by Gasteiger charge is -2.11. The molecule has 0 amide bonds. The largest absolute Gasteiger partial charge is 0.312 e. The van der Waals surface area contributed by atoms with Gasteiger partial charge < -0.3 is 5.73 Å². The molecule has 3 nitrogen and oxygen atoms in total. The zero-order valence-electron chi connectivity index (χ0n) is 7.20. The first-order valence-electron chi connectivity index (χ1n) is 4.02. The summed E-state index contributed by atoms with van der Waals surface area (Å²) in [5, 5.41) is 0. The summed E-state index contributed by atoms with van der Waals surface area (Å²) in [6.45, 7) is 1.46. The highest BCUT2D eigenvalue weighted by Gasteiger charge is 2.45. The first-order valence-corrected chi connectivity index (χ1v) is 4.02. The number of carbonyl (C=O) groups is 2. The van der Waals surface area contributed by atoms with Crippen LogP contribution in [-0.2, 0) is 0 Å². The lowest BCUT2D eigenvalue weighted by atomic mass is 9.98. The molecule has 13 heavy (non-hydrogen) atoms. The Kier molecular flexibility index (Phi) is 1.42. The van der Waals surface area contributed by atoms with Crippen LogP contribution in [0.15, 0.2) is 24.3 Å². The summed E-state index contributed by atoms with van der Waals surface area (Å²) < 4.78 is 0. The molecule has 3 heteroatoms. The maximum absolute atomic E-state index is 11.6. The molecule has 0 bridgehead atoms. The number of rotatable bonds is 0. The predicted octanol–water partition coefficient (Wildman–Crippen LogP) is 0.783. The third-order valence-corrected chi connectivity index (χ3v) is 2.36. The van der Waals surface area contributed by atoms with Gasteiger partial charge in [-0.25, -0.2) is 0 Å². The van der Waals surface area contributed by atoms with Crippen molar-refractivity contribution in [1.29, 1.82) is 0 Å². The number of benzene rings is 1. The Morgan fingerprint density at radius 3 is 1.85 bits per heavy atom. The van der Waals surface area contributed by atoms with E-state index in [2.05, 4.69) is 0 Å². The summed E-state index contributed by atoms with van der Waals surface area (Å²) in [7, 11) is 0. The molecule has 2 rings (SSSR count). The molecular weight excluding hydrogens is 166 g/mol. The average Bonchev–Trinajstić information content (AvgIpc) is 2.30. The van der Waals surface area contributed by atoms with Crippen molar-refractivity contribution < 1.29 is 9.59 Å². The molecule has 0 spiro atoms. The zero-order valence-corrected chi connectivity index (χ0v) is 7.20. The molecule has 0 aromatic heterocycles. The van der Waals surface area contributed by atoms with Crippen LogP contribution in [0.1, 0.15) is 27.6 Å². The fourth-order valence-corrected chi connectivity index (χ4v) is 1.54. The second kappa shape index (κ2) is 2.26. The zero-order chi connectivity index (χ0) is 9.64. The highest BCUT2D eigenvalue weighted by molar-refractivity contribution is 6.32. The highest BCUT2D eigenvalue weighted by atomic mass is 16.2. The molecule has 1 aromatic rings. The summed E-state index contributed by atoms with van der Waals surface area (Å²) in [5.74, 6) is -0.568. The van der Waals surface area contributed by atoms with Gasteiger partial charge in [-0.1, -0.05) is 24.3 Å². The fraction of sp³-hybridized carbons (Fsp3) is 0.200. The normalized spacial score (nSPS) is 18.9. The Morgan fingerprint density at radius 1 is 1.08 bits per heavy atom. The minimum Gasteiger partial charge on any atom is -0.312 e. The van der Waals surface area contributed by atoms with Gasteiger partial charge >= 0.3 is 0 Å². The standard InChI is InChI=1S/C10H9NO2/c1-10(11)8(12)6-4-2-3-5-7(6)9(10)13/h2-5H,11H2,1H3. The van der Waals surface area contributed by atoms with Crippen LogP contribution in [0.5, 0.6) is 0 Å². The Hall–Kier alpha value is -1.48. The van der Waals surface area contributed by atoms with E-state index in [1.54, 1.807) is 24.3 Å². The Labute approximate surface area is 75.5 Å². The van der Waals surface area contributed by atoms with Gasteiger partial charge in [0.2, 0.25) is 0 Å². The van der Waals surface area contributed by atoms with Gasteiger partial charge in [-0.2, -0.15) is 0 Å². The van der Waals surface area contributed by atoms with E-state index in [0.717, 1.165) is 0 Å². The van der Waals surface area contributed by atoms with Crippen LogP contribution in [0.3, 0.4) is 0 Å². The van der Waals surface area contributed by atoms with Crippen molar-refractivity contribution in [1.82, 2.24) is 0 Å². The van der Waals surface area contributed by atoms with Gasteiger partial charge in [0, 0.05) is 11.1 Å². The maximum Gasteiger partial charge on any atom is 0.191 e. The van der Waals surface area contributed by atoms with E-state index in [4.69, 9.17) is 5.73 Å². The Balaban J connectivity index is 2.71. The lowest BCUT2D eigenvalue weighted by molar-refractivity contribution is 0.0817. The van der Waals surface area contributed by atoms with Crippen molar-refractivity contribution >= 4 is 11.6 Å². The van der Waals surface area contributed by atoms with E-state index in [9.17, 15) is 9.59 Å². The molecule has 1 aliphatic rings. The molecule has 0 saturated heterocycles. The molecule has 1 aromatic carbocycles. The van der Waals surface area contributed by atoms with Gasteiger partial charge in [0.1, 0.15) is 5.54 Å². The SMILES string of the molecule is CC1(N)C(=O)c2ccccc2C1=O. The summed E-state index contributed by atoms with van der Waals surface area (Å²) in [6, 6.07) is 6.72. The van der Waals surface area contributed by atoms with Crippen LogP contribution in [0.4, 0.5) is 0 Å². The summed E-state index contributed by atoms with van der Waals surface area (Å²) in [5.41, 5.74) is 5.14. The number of ketones is 2. The quantitative estimate of drug-likeness (QED) is 0.593. The molecular formula is C10H9NO2. The van der Waals surface area contributed by atoms with Gasteiger partial charge in [-0.15, -0.1) is 0 Å². The van der Waals surface area contributed by atoms with Crippen LogP contribution < -0.4 is 5.73 Å². The van der Waals surface area contributed by atoms with Gasteiger partial charge in [0.05, 0.1) is 0 Å². The second-order valence-electron chi connectivity index (χ2n) is 3.41. The Morgan fingerprint density at radius 2 is 1.46 bits per heavy atom. The summed E-state index contributed by atoms with van der Waals surface area (Å²) >= 11 is 0. The van der Waals surface area contributed by atoms with Crippen molar-refractivity contribution in [3.8, 4) is 0 Å². The molecule has 0 saturated carbocycles. The van der Waals surface area contributed by atoms with E-state index in [1.807, 2.05) is 0 Å². The van der Waals surface area contributed by atoms with Crippen molar-refractivity contribution in [3.63, 3.8) is 0 Å². The lowest BCUT2D eigenvalue weighted by Crippen LogP contribution is -2.47. The van der Waals surface area contributed by atoms with Crippen LogP contribution in [0.2, 0.25) is 0 Å². The molecule has 1 aliphatic carbocycles. The van der Waals surface area contributed by atoms with E-state index < -0.39 is 5.54 Å². The summed E-state index contributed by atoms with van der Waals surface area (Å²) in [4.78, 5) is 23.2. The Bertz CT molecular complexity index is 370. The smallest absolute Gasteiger partial charge is 0.191 e.